The zero-order valence-corrected chi connectivity index (χ0v) is 19.5. The summed E-state index contributed by atoms with van der Waals surface area (Å²) in [6.07, 6.45) is 0. The molecule has 0 spiro atoms. The van der Waals surface area contributed by atoms with Crippen molar-refractivity contribution >= 4 is 34.4 Å². The summed E-state index contributed by atoms with van der Waals surface area (Å²) < 4.78 is 10.4. The first kappa shape index (κ1) is 22.5. The Morgan fingerprint density at radius 1 is 0.909 bits per heavy atom. The van der Waals surface area contributed by atoms with Gasteiger partial charge in [0.15, 0.2) is 0 Å². The molecule has 1 aromatic heterocycles. The molecule has 0 aliphatic carbocycles. The van der Waals surface area contributed by atoms with Crippen molar-refractivity contribution in [3.8, 4) is 17.0 Å². The van der Waals surface area contributed by atoms with Crippen molar-refractivity contribution in [1.82, 2.24) is 4.98 Å². The van der Waals surface area contributed by atoms with Gasteiger partial charge < -0.3 is 9.47 Å². The van der Waals surface area contributed by atoms with Crippen LogP contribution in [-0.4, -0.2) is 24.0 Å². The van der Waals surface area contributed by atoms with Gasteiger partial charge in [-0.15, -0.1) is 0 Å². The molecule has 0 saturated carbocycles. The van der Waals surface area contributed by atoms with Crippen LogP contribution in [0.2, 0.25) is 5.02 Å². The topological polar surface area (TPSA) is 65.5 Å². The van der Waals surface area contributed by atoms with Gasteiger partial charge in [-0.25, -0.2) is 14.6 Å². The lowest BCUT2D eigenvalue weighted by molar-refractivity contribution is 0.0600. The zero-order chi connectivity index (χ0) is 23.7. The summed E-state index contributed by atoms with van der Waals surface area (Å²) in [6.45, 7) is 5.81. The van der Waals surface area contributed by atoms with E-state index in [-0.39, 0.29) is 0 Å². The van der Waals surface area contributed by atoms with Gasteiger partial charge in [0.2, 0.25) is 0 Å². The smallest absolute Gasteiger partial charge is 0.344 e. The van der Waals surface area contributed by atoms with Crippen LogP contribution in [0.15, 0.2) is 60.7 Å². The minimum atomic E-state index is -0.501. The number of methoxy groups -OCH3 is 1. The van der Waals surface area contributed by atoms with Crippen LogP contribution in [0.25, 0.3) is 22.2 Å². The number of hydrogen-bond acceptors (Lipinski definition) is 5. The Bertz CT molecular complexity index is 1390. The standard InChI is InChI=1S/C27H22ClNO4/c1-15-12-16(2)24-22(13-15)23(17(3)25(29-24)19-6-5-7-20(28)14-19)27(31)33-21-10-8-18(9-11-21)26(30)32-4/h5-14H,1-4H3. The summed E-state index contributed by atoms with van der Waals surface area (Å²) in [7, 11) is 1.31. The molecule has 33 heavy (non-hydrogen) atoms. The fraction of sp³-hybridized carbons (Fsp3) is 0.148. The number of esters is 2. The third-order valence-electron chi connectivity index (χ3n) is 5.46. The Labute approximate surface area is 196 Å². The maximum absolute atomic E-state index is 13.4. The highest BCUT2D eigenvalue weighted by Gasteiger charge is 2.22. The SMILES string of the molecule is COC(=O)c1ccc(OC(=O)c2c(C)c(-c3cccc(Cl)c3)nc3c(C)cc(C)cc23)cc1. The van der Waals surface area contributed by atoms with Crippen molar-refractivity contribution in [2.75, 3.05) is 7.11 Å². The number of carbonyl (C=O) groups excluding carboxylic acids is 2. The molecule has 0 fully saturated rings. The quantitative estimate of drug-likeness (QED) is 0.258. The molecule has 0 N–H and O–H groups in total. The predicted octanol–water partition coefficient (Wildman–Crippen LogP) is 6.49. The van der Waals surface area contributed by atoms with Crippen LogP contribution in [-0.2, 0) is 4.74 Å². The Balaban J connectivity index is 1.85. The monoisotopic (exact) mass is 459 g/mol. The maximum atomic E-state index is 13.4. The van der Waals surface area contributed by atoms with Crippen molar-refractivity contribution in [3.63, 3.8) is 0 Å². The van der Waals surface area contributed by atoms with Crippen LogP contribution in [0.5, 0.6) is 5.75 Å². The van der Waals surface area contributed by atoms with E-state index < -0.39 is 11.9 Å². The lowest BCUT2D eigenvalue weighted by atomic mass is 9.95. The normalized spacial score (nSPS) is 10.8. The molecule has 3 aromatic carbocycles. The second-order valence-electron chi connectivity index (χ2n) is 7.85. The first-order valence-corrected chi connectivity index (χ1v) is 10.7. The summed E-state index contributed by atoms with van der Waals surface area (Å²) in [4.78, 5) is 30.0. The molecule has 0 saturated heterocycles. The van der Waals surface area contributed by atoms with Crippen LogP contribution >= 0.6 is 11.6 Å². The number of nitrogens with zero attached hydrogens (tertiary/aromatic N) is 1. The summed E-state index contributed by atoms with van der Waals surface area (Å²) in [5.74, 6) is -0.634. The number of aryl methyl sites for hydroxylation is 2. The van der Waals surface area contributed by atoms with Crippen LogP contribution in [0.3, 0.4) is 0 Å². The molecule has 0 amide bonds. The first-order chi connectivity index (χ1) is 15.8. The van der Waals surface area contributed by atoms with Gasteiger partial charge in [0.05, 0.1) is 29.4 Å². The number of benzene rings is 3. The van der Waals surface area contributed by atoms with Crippen LogP contribution in [0, 0.1) is 20.8 Å². The van der Waals surface area contributed by atoms with E-state index in [0.29, 0.717) is 33.2 Å². The minimum Gasteiger partial charge on any atom is -0.465 e. The van der Waals surface area contributed by atoms with Crippen molar-refractivity contribution in [2.45, 2.75) is 20.8 Å². The van der Waals surface area contributed by atoms with E-state index in [2.05, 4.69) is 0 Å². The number of ether oxygens (including phenoxy) is 2. The number of pyridine rings is 1. The molecular weight excluding hydrogens is 438 g/mol. The van der Waals surface area contributed by atoms with E-state index in [1.165, 1.54) is 7.11 Å². The van der Waals surface area contributed by atoms with E-state index in [1.54, 1.807) is 30.3 Å². The average Bonchev–Trinajstić information content (AvgIpc) is 2.78. The molecule has 6 heteroatoms. The van der Waals surface area contributed by atoms with Crippen molar-refractivity contribution < 1.29 is 19.1 Å². The zero-order valence-electron chi connectivity index (χ0n) is 18.7. The van der Waals surface area contributed by atoms with Gasteiger partial charge in [-0.05, 0) is 74.4 Å². The van der Waals surface area contributed by atoms with E-state index in [4.69, 9.17) is 26.1 Å². The summed E-state index contributed by atoms with van der Waals surface area (Å²) in [6, 6.07) is 17.6. The largest absolute Gasteiger partial charge is 0.465 e. The van der Waals surface area contributed by atoms with E-state index >= 15 is 0 Å². The van der Waals surface area contributed by atoms with Crippen LogP contribution < -0.4 is 4.74 Å². The number of fused-ring (bicyclic) bond motifs is 1. The van der Waals surface area contributed by atoms with E-state index in [0.717, 1.165) is 27.6 Å². The summed E-state index contributed by atoms with van der Waals surface area (Å²) >= 11 is 6.22. The number of halogens is 1. The fourth-order valence-corrected chi connectivity index (χ4v) is 4.12. The summed E-state index contributed by atoms with van der Waals surface area (Å²) in [5, 5.41) is 1.32. The first-order valence-electron chi connectivity index (χ1n) is 10.4. The van der Waals surface area contributed by atoms with Gasteiger partial charge in [0, 0.05) is 16.0 Å². The molecule has 0 atom stereocenters. The molecule has 5 nitrogen and oxygen atoms in total. The molecule has 1 heterocycles. The minimum absolute atomic E-state index is 0.325. The highest BCUT2D eigenvalue weighted by molar-refractivity contribution is 6.30. The van der Waals surface area contributed by atoms with Crippen LogP contribution in [0.1, 0.15) is 37.4 Å². The Kier molecular flexibility index (Phi) is 6.16. The number of carbonyl (C=O) groups is 2. The van der Waals surface area contributed by atoms with Crippen LogP contribution in [0.4, 0.5) is 0 Å². The fourth-order valence-electron chi connectivity index (χ4n) is 3.93. The third kappa shape index (κ3) is 4.45. The molecule has 4 aromatic rings. The van der Waals surface area contributed by atoms with Gasteiger partial charge in [0.1, 0.15) is 5.75 Å². The van der Waals surface area contributed by atoms with Gasteiger partial charge >= 0.3 is 11.9 Å². The molecule has 166 valence electrons. The Morgan fingerprint density at radius 3 is 2.30 bits per heavy atom. The average molecular weight is 460 g/mol. The van der Waals surface area contributed by atoms with Crippen molar-refractivity contribution in [3.05, 3.63) is 93.5 Å². The van der Waals surface area contributed by atoms with Gasteiger partial charge in [0.25, 0.3) is 0 Å². The molecular formula is C27H22ClNO4. The molecule has 0 bridgehead atoms. The Morgan fingerprint density at radius 2 is 1.64 bits per heavy atom. The van der Waals surface area contributed by atoms with Crippen molar-refractivity contribution in [2.24, 2.45) is 0 Å². The number of aromatic nitrogens is 1. The molecule has 0 radical (unpaired) electrons. The van der Waals surface area contributed by atoms with E-state index in [9.17, 15) is 9.59 Å². The lowest BCUT2D eigenvalue weighted by Crippen LogP contribution is -2.13. The van der Waals surface area contributed by atoms with Gasteiger partial charge in [-0.3, -0.25) is 0 Å². The highest BCUT2D eigenvalue weighted by atomic mass is 35.5. The third-order valence-corrected chi connectivity index (χ3v) is 5.69. The Hall–Kier alpha value is -3.70. The number of rotatable bonds is 4. The van der Waals surface area contributed by atoms with E-state index in [1.807, 2.05) is 51.1 Å². The van der Waals surface area contributed by atoms with Gasteiger partial charge in [-0.1, -0.05) is 35.4 Å². The molecule has 0 aliphatic rings. The molecule has 0 aliphatic heterocycles. The maximum Gasteiger partial charge on any atom is 0.344 e. The predicted molar refractivity (Wildman–Crippen MR) is 129 cm³/mol. The second-order valence-corrected chi connectivity index (χ2v) is 8.29. The number of hydrogen-bond donors (Lipinski definition) is 0. The highest BCUT2D eigenvalue weighted by Crippen LogP contribution is 2.33. The second kappa shape index (κ2) is 9.04. The van der Waals surface area contributed by atoms with Gasteiger partial charge in [-0.2, -0.15) is 0 Å². The molecule has 0 unspecified atom stereocenters. The lowest BCUT2D eigenvalue weighted by Gasteiger charge is -2.16. The summed E-state index contributed by atoms with van der Waals surface area (Å²) in [5.41, 5.74) is 5.72. The molecule has 4 rings (SSSR count). The van der Waals surface area contributed by atoms with Crippen molar-refractivity contribution in [1.29, 1.82) is 0 Å².